The minimum absolute atomic E-state index is 0.0481. The van der Waals surface area contributed by atoms with Crippen molar-refractivity contribution in [2.45, 2.75) is 45.1 Å². The molecule has 8 nitrogen and oxygen atoms in total. The second-order valence-electron chi connectivity index (χ2n) is 9.48. The van der Waals surface area contributed by atoms with Crippen LogP contribution in [0.4, 0.5) is 10.5 Å². The highest BCUT2D eigenvalue weighted by Gasteiger charge is 2.57. The van der Waals surface area contributed by atoms with Gasteiger partial charge in [-0.3, -0.25) is 9.69 Å². The highest BCUT2D eigenvalue weighted by molar-refractivity contribution is 6.69. The molecule has 0 bridgehead atoms. The van der Waals surface area contributed by atoms with Gasteiger partial charge in [0.05, 0.1) is 18.1 Å². The molecule has 3 amide bonds. The molecule has 9 heteroatoms. The van der Waals surface area contributed by atoms with Gasteiger partial charge in [-0.25, -0.2) is 9.59 Å². The van der Waals surface area contributed by atoms with E-state index in [1.807, 2.05) is 31.2 Å². The largest absolute Gasteiger partial charge is 0.477 e. The summed E-state index contributed by atoms with van der Waals surface area (Å²) in [6.07, 6.45) is 0.248. The number of carbonyl (C=O) groups excluding carboxylic acids is 2. The molecule has 2 fully saturated rings. The normalized spacial score (nSPS) is 24.6. The van der Waals surface area contributed by atoms with Crippen LogP contribution in [0.2, 0.25) is 19.6 Å². The zero-order valence-corrected chi connectivity index (χ0v) is 19.6. The summed E-state index contributed by atoms with van der Waals surface area (Å²) in [5, 5.41) is 9.85. The Kier molecular flexibility index (Phi) is 5.21. The number of hydrogen-bond acceptors (Lipinski definition) is 4. The number of nitrogens with zero attached hydrogens (tertiary/aromatic N) is 3. The van der Waals surface area contributed by atoms with Gasteiger partial charge in [0.2, 0.25) is 5.91 Å². The van der Waals surface area contributed by atoms with E-state index in [-0.39, 0.29) is 35.7 Å². The number of hydrogen-bond donors (Lipinski definition) is 1. The van der Waals surface area contributed by atoms with Crippen LogP contribution in [-0.4, -0.2) is 73.4 Å². The maximum atomic E-state index is 12.9. The van der Waals surface area contributed by atoms with Crippen LogP contribution in [0, 0.1) is 5.92 Å². The number of amides is 3. The maximum Gasteiger partial charge on any atom is 0.352 e. The van der Waals surface area contributed by atoms with Crippen molar-refractivity contribution in [1.29, 1.82) is 0 Å². The summed E-state index contributed by atoms with van der Waals surface area (Å²) in [5.41, 5.74) is 2.27. The van der Waals surface area contributed by atoms with Crippen LogP contribution in [0.15, 0.2) is 30.0 Å². The Bertz CT molecular complexity index is 968. The lowest BCUT2D eigenvalue weighted by molar-refractivity contribution is -0.160. The number of carbonyl (C=O) groups is 3. The highest BCUT2D eigenvalue weighted by Crippen LogP contribution is 2.47. The van der Waals surface area contributed by atoms with Crippen molar-refractivity contribution >= 4 is 37.5 Å². The maximum absolute atomic E-state index is 12.9. The van der Waals surface area contributed by atoms with Crippen LogP contribution in [0.25, 0.3) is 5.57 Å². The molecule has 1 N–H and O–H groups in total. The highest BCUT2D eigenvalue weighted by atomic mass is 28.4. The predicted octanol–water partition coefficient (Wildman–Crippen LogP) is 2.82. The molecule has 0 saturated carbocycles. The molecule has 0 aliphatic carbocycles. The molecule has 31 heavy (non-hydrogen) atoms. The summed E-state index contributed by atoms with van der Waals surface area (Å²) in [6, 6.07) is 7.12. The molecule has 1 aromatic carbocycles. The first-order chi connectivity index (χ1) is 14.5. The van der Waals surface area contributed by atoms with E-state index >= 15 is 0 Å². The molecule has 0 unspecified atom stereocenters. The Hall–Kier alpha value is -2.65. The molecule has 3 aliphatic rings. The summed E-state index contributed by atoms with van der Waals surface area (Å²) in [5.74, 6) is -1.59. The molecule has 3 aliphatic heterocycles. The van der Waals surface area contributed by atoms with Crippen LogP contribution in [0.3, 0.4) is 0 Å². The molecule has 4 rings (SSSR count). The minimum Gasteiger partial charge on any atom is -0.477 e. The van der Waals surface area contributed by atoms with Crippen LogP contribution < -0.4 is 4.90 Å². The molecule has 0 spiro atoms. The zero-order valence-electron chi connectivity index (χ0n) is 18.6. The van der Waals surface area contributed by atoms with Crippen molar-refractivity contribution in [3.63, 3.8) is 0 Å². The molecule has 1 aromatic rings. The Morgan fingerprint density at radius 3 is 2.32 bits per heavy atom. The van der Waals surface area contributed by atoms with Crippen molar-refractivity contribution in [3.8, 4) is 0 Å². The Morgan fingerprint density at radius 1 is 1.16 bits per heavy atom. The van der Waals surface area contributed by atoms with Crippen molar-refractivity contribution in [2.24, 2.45) is 5.92 Å². The third kappa shape index (κ3) is 3.65. The molecular formula is C22H29N3O5Si. The topological polar surface area (TPSA) is 90.4 Å². The van der Waals surface area contributed by atoms with E-state index in [2.05, 4.69) is 19.6 Å². The van der Waals surface area contributed by atoms with E-state index in [1.165, 1.54) is 4.90 Å². The number of benzene rings is 1. The first-order valence-corrected chi connectivity index (χ1v) is 14.0. The third-order valence-corrected chi connectivity index (χ3v) is 7.28. The number of β-lactam (4-membered cyclic amide) rings is 1. The quantitative estimate of drug-likeness (QED) is 0.539. The van der Waals surface area contributed by atoms with Gasteiger partial charge in [0, 0.05) is 25.8 Å². The van der Waals surface area contributed by atoms with Crippen molar-refractivity contribution in [1.82, 2.24) is 9.80 Å². The molecule has 3 heterocycles. The molecule has 0 aromatic heterocycles. The lowest BCUT2D eigenvalue weighted by Crippen LogP contribution is -2.63. The van der Waals surface area contributed by atoms with Crippen LogP contribution in [0.5, 0.6) is 0 Å². The first-order valence-electron chi connectivity index (χ1n) is 10.6. The number of likely N-dealkylation sites (N-methyl/N-ethyl adjacent to an activating group) is 1. The van der Waals surface area contributed by atoms with Crippen LogP contribution in [-0.2, 0) is 14.0 Å². The van der Waals surface area contributed by atoms with E-state index in [4.69, 9.17) is 4.43 Å². The Morgan fingerprint density at radius 2 is 1.81 bits per heavy atom. The van der Waals surface area contributed by atoms with E-state index in [0.29, 0.717) is 25.1 Å². The van der Waals surface area contributed by atoms with Crippen molar-refractivity contribution < 1.29 is 23.9 Å². The monoisotopic (exact) mass is 443 g/mol. The van der Waals surface area contributed by atoms with Crippen molar-refractivity contribution in [3.05, 3.63) is 35.5 Å². The number of anilines is 1. The van der Waals surface area contributed by atoms with Gasteiger partial charge in [0.1, 0.15) is 5.70 Å². The fourth-order valence-electron chi connectivity index (χ4n) is 4.87. The van der Waals surface area contributed by atoms with Gasteiger partial charge in [0.15, 0.2) is 8.32 Å². The Balaban J connectivity index is 1.58. The summed E-state index contributed by atoms with van der Waals surface area (Å²) >= 11 is 0. The first kappa shape index (κ1) is 21.6. The van der Waals surface area contributed by atoms with E-state index in [9.17, 15) is 19.5 Å². The van der Waals surface area contributed by atoms with Crippen molar-refractivity contribution in [2.75, 3.05) is 25.0 Å². The second-order valence-corrected chi connectivity index (χ2v) is 13.9. The third-order valence-electron chi connectivity index (χ3n) is 6.20. The number of carboxylic acid groups (broad SMARTS) is 1. The summed E-state index contributed by atoms with van der Waals surface area (Å²) in [6.45, 7) is 9.45. The lowest BCUT2D eigenvalue weighted by atomic mass is 9.82. The van der Waals surface area contributed by atoms with Crippen LogP contribution in [0.1, 0.15) is 18.9 Å². The number of fused-ring (bicyclic) bond motifs is 1. The Labute approximate surface area is 183 Å². The average molecular weight is 444 g/mol. The SMILES string of the molecule is C[C@@H](O[Si](C)(C)C)[C@H]1C(=O)N2C(C(=O)O)=C(c3ccc(N4CCN(C)C4=O)cc3)C[C@H]12. The predicted molar refractivity (Wildman–Crippen MR) is 119 cm³/mol. The van der Waals surface area contributed by atoms with Gasteiger partial charge < -0.3 is 19.3 Å². The van der Waals surface area contributed by atoms with E-state index < -0.39 is 14.3 Å². The molecule has 2 saturated heterocycles. The van der Waals surface area contributed by atoms with Gasteiger partial charge in [-0.1, -0.05) is 12.1 Å². The van der Waals surface area contributed by atoms with Crippen LogP contribution >= 0.6 is 0 Å². The fraction of sp³-hybridized carbons (Fsp3) is 0.500. The molecular weight excluding hydrogens is 414 g/mol. The summed E-state index contributed by atoms with van der Waals surface area (Å²) < 4.78 is 6.13. The number of aliphatic carboxylic acids is 1. The van der Waals surface area contributed by atoms with E-state index in [0.717, 1.165) is 11.3 Å². The molecule has 166 valence electrons. The standard InChI is InChI=1S/C22H29N3O5Si/c1-13(30-31(3,4)5)18-17-12-16(19(21(27)28)25(17)20(18)26)14-6-8-15(9-7-14)24-11-10-23(2)22(24)29/h6-9,13,17-18H,10-12H2,1-5H3,(H,27,28)/t13-,17-,18-/m1/s1. The summed E-state index contributed by atoms with van der Waals surface area (Å²) in [7, 11) is -0.0574. The van der Waals surface area contributed by atoms with Gasteiger partial charge in [-0.05, 0) is 56.3 Å². The van der Waals surface area contributed by atoms with E-state index in [1.54, 1.807) is 16.8 Å². The summed E-state index contributed by atoms with van der Waals surface area (Å²) in [4.78, 5) is 41.9. The lowest BCUT2D eigenvalue weighted by Gasteiger charge is -2.47. The van der Waals surface area contributed by atoms with Gasteiger partial charge in [0.25, 0.3) is 0 Å². The second kappa shape index (κ2) is 7.49. The molecule has 0 radical (unpaired) electrons. The van der Waals surface area contributed by atoms with Gasteiger partial charge in [-0.15, -0.1) is 0 Å². The van der Waals surface area contributed by atoms with Gasteiger partial charge >= 0.3 is 12.0 Å². The fourth-order valence-corrected chi connectivity index (χ4v) is 6.14. The van der Waals surface area contributed by atoms with Gasteiger partial charge in [-0.2, -0.15) is 0 Å². The average Bonchev–Trinajstić information content (AvgIpc) is 3.18. The smallest absolute Gasteiger partial charge is 0.352 e. The minimum atomic E-state index is -1.82. The number of rotatable bonds is 6. The number of carboxylic acids is 1. The number of urea groups is 1. The molecule has 3 atom stereocenters. The zero-order chi connectivity index (χ0) is 22.7.